The van der Waals surface area contributed by atoms with E-state index < -0.39 is 0 Å². The highest BCUT2D eigenvalue weighted by Crippen LogP contribution is 2.24. The van der Waals surface area contributed by atoms with Gasteiger partial charge in [0.1, 0.15) is 0 Å². The topological polar surface area (TPSA) is 15.3 Å². The highest BCUT2D eigenvalue weighted by Gasteiger charge is 2.34. The van der Waals surface area contributed by atoms with Crippen LogP contribution in [0.5, 0.6) is 0 Å². The summed E-state index contributed by atoms with van der Waals surface area (Å²) in [5.74, 6) is 0.968. The summed E-state index contributed by atoms with van der Waals surface area (Å²) in [6.45, 7) is 3.80. The molecule has 0 amide bonds. The first kappa shape index (κ1) is 11.5. The average Bonchev–Trinajstić information content (AvgIpc) is 2.35. The largest absolute Gasteiger partial charge is 0.315 e. The zero-order chi connectivity index (χ0) is 6.27. The number of fused-ring (bicyclic) bond motifs is 1. The Morgan fingerprint density at radius 3 is 2.64 bits per heavy atom. The summed E-state index contributed by atoms with van der Waals surface area (Å²) < 4.78 is 0. The van der Waals surface area contributed by atoms with Crippen LogP contribution in [0.2, 0.25) is 0 Å². The van der Waals surface area contributed by atoms with E-state index in [2.05, 4.69) is 17.3 Å². The molecule has 0 aromatic heterocycles. The van der Waals surface area contributed by atoms with Crippen LogP contribution in [0.1, 0.15) is 6.42 Å². The Labute approximate surface area is 80.5 Å². The van der Waals surface area contributed by atoms with Gasteiger partial charge >= 0.3 is 0 Å². The van der Waals surface area contributed by atoms with Crippen molar-refractivity contribution in [3.63, 3.8) is 0 Å². The van der Waals surface area contributed by atoms with Crippen molar-refractivity contribution >= 4 is 24.8 Å². The minimum atomic E-state index is 0. The highest BCUT2D eigenvalue weighted by atomic mass is 35.5. The molecular weight excluding hydrogens is 183 g/mol. The number of halogens is 2. The van der Waals surface area contributed by atoms with Gasteiger partial charge in [-0.1, -0.05) is 0 Å². The van der Waals surface area contributed by atoms with Gasteiger partial charge in [0.2, 0.25) is 0 Å². The summed E-state index contributed by atoms with van der Waals surface area (Å²) in [5.41, 5.74) is 0. The second kappa shape index (κ2) is 4.51. The van der Waals surface area contributed by atoms with E-state index in [0.29, 0.717) is 0 Å². The highest BCUT2D eigenvalue weighted by molar-refractivity contribution is 5.85. The Kier molecular flexibility index (Phi) is 4.71. The lowest BCUT2D eigenvalue weighted by Crippen LogP contribution is -2.30. The number of hydrogen-bond acceptors (Lipinski definition) is 2. The van der Waals surface area contributed by atoms with Crippen LogP contribution in [0.3, 0.4) is 0 Å². The van der Waals surface area contributed by atoms with Crippen LogP contribution in [0.25, 0.3) is 0 Å². The predicted octanol–water partition coefficient (Wildman–Crippen LogP) is 0.753. The number of hydrogen-bond donors (Lipinski definition) is 1. The molecule has 2 aliphatic heterocycles. The van der Waals surface area contributed by atoms with Crippen LogP contribution in [0, 0.1) is 5.92 Å². The molecule has 2 saturated heterocycles. The summed E-state index contributed by atoms with van der Waals surface area (Å²) in [4.78, 5) is 2.48. The molecule has 11 heavy (non-hydrogen) atoms. The molecule has 0 radical (unpaired) electrons. The van der Waals surface area contributed by atoms with Crippen LogP contribution in [-0.4, -0.2) is 37.6 Å². The van der Waals surface area contributed by atoms with E-state index >= 15 is 0 Å². The molecular formula is C7H16Cl2N2. The van der Waals surface area contributed by atoms with Crippen molar-refractivity contribution in [3.05, 3.63) is 0 Å². The van der Waals surface area contributed by atoms with Crippen molar-refractivity contribution in [1.29, 1.82) is 0 Å². The maximum absolute atomic E-state index is 3.41. The van der Waals surface area contributed by atoms with Gasteiger partial charge in [0.25, 0.3) is 0 Å². The average molecular weight is 199 g/mol. The van der Waals surface area contributed by atoms with Crippen LogP contribution in [0.15, 0.2) is 0 Å². The smallest absolute Gasteiger partial charge is 0.0258 e. The first-order valence-electron chi connectivity index (χ1n) is 3.79. The molecule has 2 heterocycles. The van der Waals surface area contributed by atoms with Crippen LogP contribution in [-0.2, 0) is 0 Å². The van der Waals surface area contributed by atoms with Crippen molar-refractivity contribution in [2.75, 3.05) is 26.7 Å². The zero-order valence-electron chi connectivity index (χ0n) is 6.75. The molecule has 0 bridgehead atoms. The molecule has 0 aromatic rings. The van der Waals surface area contributed by atoms with Gasteiger partial charge < -0.3 is 10.2 Å². The molecule has 0 aromatic carbocycles. The molecule has 4 heteroatoms. The summed E-state index contributed by atoms with van der Waals surface area (Å²) in [6.07, 6.45) is 1.41. The van der Waals surface area contributed by atoms with Gasteiger partial charge in [-0.25, -0.2) is 0 Å². The Morgan fingerprint density at radius 2 is 2.00 bits per heavy atom. The van der Waals surface area contributed by atoms with Crippen molar-refractivity contribution in [3.8, 4) is 0 Å². The second-order valence-corrected chi connectivity index (χ2v) is 3.25. The van der Waals surface area contributed by atoms with Gasteiger partial charge in [-0.2, -0.15) is 0 Å². The summed E-state index contributed by atoms with van der Waals surface area (Å²) >= 11 is 0. The van der Waals surface area contributed by atoms with E-state index in [9.17, 15) is 0 Å². The summed E-state index contributed by atoms with van der Waals surface area (Å²) in [7, 11) is 2.23. The third kappa shape index (κ3) is 2.00. The Hall–Kier alpha value is 0.500. The quantitative estimate of drug-likeness (QED) is 0.619. The number of nitrogens with one attached hydrogen (secondary N) is 1. The Balaban J connectivity index is 0.000000500. The lowest BCUT2D eigenvalue weighted by molar-refractivity contribution is 0.308. The number of rotatable bonds is 0. The monoisotopic (exact) mass is 198 g/mol. The molecule has 0 unspecified atom stereocenters. The molecule has 2 nitrogen and oxygen atoms in total. The third-order valence-corrected chi connectivity index (χ3v) is 2.72. The fourth-order valence-corrected chi connectivity index (χ4v) is 2.06. The van der Waals surface area contributed by atoms with Gasteiger partial charge in [-0.3, -0.25) is 0 Å². The molecule has 2 fully saturated rings. The number of likely N-dealkylation sites (tertiary alicyclic amines) is 1. The number of likely N-dealkylation sites (N-methyl/N-ethyl adjacent to an activating group) is 1. The minimum absolute atomic E-state index is 0. The molecule has 0 spiro atoms. The first-order chi connectivity index (χ1) is 4.38. The fraction of sp³-hybridized carbons (Fsp3) is 1.00. The van der Waals surface area contributed by atoms with E-state index in [0.717, 1.165) is 12.0 Å². The third-order valence-electron chi connectivity index (χ3n) is 2.72. The van der Waals surface area contributed by atoms with E-state index in [1.165, 1.54) is 26.1 Å². The SMILES string of the molecule is CN1CC[C@@H]2CNC[C@@H]21.Cl.Cl. The van der Waals surface area contributed by atoms with Gasteiger partial charge in [-0.15, -0.1) is 24.8 Å². The molecule has 2 atom stereocenters. The standard InChI is InChI=1S/C7H14N2.2ClH/c1-9-3-2-6-4-8-5-7(6)9;;/h6-8H,2-5H2,1H3;2*1H/t6-,7+;;/m1../s1. The predicted molar refractivity (Wildman–Crippen MR) is 51.9 cm³/mol. The van der Waals surface area contributed by atoms with Crippen molar-refractivity contribution < 1.29 is 0 Å². The number of nitrogens with zero attached hydrogens (tertiary/aromatic N) is 1. The maximum Gasteiger partial charge on any atom is 0.0258 e. The molecule has 1 N–H and O–H groups in total. The summed E-state index contributed by atoms with van der Waals surface area (Å²) in [6, 6.07) is 0.866. The van der Waals surface area contributed by atoms with Gasteiger partial charge in [-0.05, 0) is 32.5 Å². The zero-order valence-corrected chi connectivity index (χ0v) is 8.38. The Morgan fingerprint density at radius 1 is 1.27 bits per heavy atom. The molecule has 2 rings (SSSR count). The van der Waals surface area contributed by atoms with E-state index in [1.807, 2.05) is 0 Å². The van der Waals surface area contributed by atoms with E-state index in [1.54, 1.807) is 0 Å². The van der Waals surface area contributed by atoms with Gasteiger partial charge in [0, 0.05) is 12.6 Å². The fourth-order valence-electron chi connectivity index (χ4n) is 2.06. The van der Waals surface area contributed by atoms with Crippen molar-refractivity contribution in [1.82, 2.24) is 10.2 Å². The molecule has 0 saturated carbocycles. The molecule has 0 aliphatic carbocycles. The summed E-state index contributed by atoms with van der Waals surface area (Å²) in [5, 5.41) is 3.41. The van der Waals surface area contributed by atoms with Crippen molar-refractivity contribution in [2.24, 2.45) is 5.92 Å². The molecule has 68 valence electrons. The lowest BCUT2D eigenvalue weighted by Gasteiger charge is -2.16. The van der Waals surface area contributed by atoms with Crippen LogP contribution in [0.4, 0.5) is 0 Å². The second-order valence-electron chi connectivity index (χ2n) is 3.25. The van der Waals surface area contributed by atoms with Crippen LogP contribution < -0.4 is 5.32 Å². The van der Waals surface area contributed by atoms with Gasteiger partial charge in [0.05, 0.1) is 0 Å². The van der Waals surface area contributed by atoms with Gasteiger partial charge in [0.15, 0.2) is 0 Å². The normalized spacial score (nSPS) is 35.7. The maximum atomic E-state index is 3.41. The van der Waals surface area contributed by atoms with Crippen molar-refractivity contribution in [2.45, 2.75) is 12.5 Å². The van der Waals surface area contributed by atoms with E-state index in [-0.39, 0.29) is 24.8 Å². The molecule has 2 aliphatic rings. The first-order valence-corrected chi connectivity index (χ1v) is 3.79. The van der Waals surface area contributed by atoms with E-state index in [4.69, 9.17) is 0 Å². The van der Waals surface area contributed by atoms with Crippen LogP contribution >= 0.6 is 24.8 Å². The Bertz CT molecular complexity index is 121. The lowest BCUT2D eigenvalue weighted by atomic mass is 10.1. The minimum Gasteiger partial charge on any atom is -0.315 e.